The van der Waals surface area contributed by atoms with E-state index >= 15 is 0 Å². The van der Waals surface area contributed by atoms with Crippen LogP contribution in [0, 0.1) is 5.92 Å². The summed E-state index contributed by atoms with van der Waals surface area (Å²) in [4.78, 5) is 16.8. The number of benzene rings is 1. The summed E-state index contributed by atoms with van der Waals surface area (Å²) in [6.45, 7) is 0. The first-order chi connectivity index (χ1) is 9.33. The van der Waals surface area contributed by atoms with Crippen molar-refractivity contribution in [2.75, 3.05) is 0 Å². The van der Waals surface area contributed by atoms with Gasteiger partial charge in [-0.2, -0.15) is 0 Å². The van der Waals surface area contributed by atoms with Gasteiger partial charge < -0.3 is 0 Å². The molecule has 0 unspecified atom stereocenters. The van der Waals surface area contributed by atoms with E-state index in [2.05, 4.69) is 17.1 Å². The van der Waals surface area contributed by atoms with Crippen molar-refractivity contribution in [1.82, 2.24) is 0 Å². The Kier molecular flexibility index (Phi) is 4.15. The average Bonchev–Trinajstić information content (AvgIpc) is 2.48. The molecule has 1 aliphatic carbocycles. The molecular formula is C16H19NOSe. The molecule has 0 saturated heterocycles. The molecule has 0 spiro atoms. The van der Waals surface area contributed by atoms with Crippen molar-refractivity contribution in [2.45, 2.75) is 43.3 Å². The summed E-state index contributed by atoms with van der Waals surface area (Å²) in [6, 6.07) is 10.2. The van der Waals surface area contributed by atoms with Crippen LogP contribution in [0.15, 0.2) is 35.3 Å². The zero-order chi connectivity index (χ0) is 13.1. The van der Waals surface area contributed by atoms with Crippen LogP contribution >= 0.6 is 0 Å². The first kappa shape index (κ1) is 13.1. The molecule has 0 N–H and O–H groups in total. The van der Waals surface area contributed by atoms with Crippen molar-refractivity contribution < 1.29 is 4.79 Å². The Morgan fingerprint density at radius 3 is 2.53 bits per heavy atom. The van der Waals surface area contributed by atoms with Crippen molar-refractivity contribution in [1.29, 1.82) is 0 Å². The molecule has 1 heterocycles. The third-order valence-corrected chi connectivity index (χ3v) is 7.01. The van der Waals surface area contributed by atoms with E-state index in [1.807, 2.05) is 18.2 Å². The maximum atomic E-state index is 11.9. The molecule has 0 aromatic heterocycles. The Hall–Kier alpha value is -0.921. The predicted molar refractivity (Wildman–Crippen MR) is 78.7 cm³/mol. The molecule has 1 atom stereocenters. The van der Waals surface area contributed by atoms with E-state index in [4.69, 9.17) is 0 Å². The van der Waals surface area contributed by atoms with Crippen LogP contribution in [-0.2, 0) is 4.79 Å². The van der Waals surface area contributed by atoms with Gasteiger partial charge in [0.15, 0.2) is 0 Å². The molecule has 1 amide bonds. The number of aliphatic imine (C=N–C) groups is 1. The fraction of sp³-hybridized carbons (Fsp3) is 0.500. The second kappa shape index (κ2) is 6.02. The Bertz CT molecular complexity index is 477. The van der Waals surface area contributed by atoms with Gasteiger partial charge in [0.25, 0.3) is 0 Å². The Morgan fingerprint density at radius 2 is 1.79 bits per heavy atom. The second-order valence-corrected chi connectivity index (χ2v) is 8.01. The summed E-state index contributed by atoms with van der Waals surface area (Å²) in [5.74, 6) is 0.870. The Labute approximate surface area is 120 Å². The van der Waals surface area contributed by atoms with E-state index in [-0.39, 0.29) is 5.91 Å². The van der Waals surface area contributed by atoms with E-state index in [0.717, 1.165) is 16.1 Å². The van der Waals surface area contributed by atoms with E-state index in [0.29, 0.717) is 26.2 Å². The molecule has 1 aromatic carbocycles. The normalized spacial score (nSPS) is 25.2. The number of nitrogens with zero attached hydrogens (tertiary/aromatic N) is 1. The number of hydrogen-bond donors (Lipinski definition) is 0. The summed E-state index contributed by atoms with van der Waals surface area (Å²) < 4.78 is 1.07. The van der Waals surface area contributed by atoms with Gasteiger partial charge in [0.2, 0.25) is 0 Å². The molecule has 0 bridgehead atoms. The SMILES string of the molecule is O=C1C[C@H](C2CCCCC2)[Se]C(c2ccccc2)=N1. The van der Waals surface area contributed by atoms with Crippen molar-refractivity contribution >= 4 is 25.5 Å². The van der Waals surface area contributed by atoms with Crippen LogP contribution in [0.1, 0.15) is 44.1 Å². The Balaban J connectivity index is 1.77. The fourth-order valence-electron chi connectivity index (χ4n) is 3.02. The molecule has 1 aliphatic heterocycles. The van der Waals surface area contributed by atoms with Crippen LogP contribution < -0.4 is 0 Å². The average molecular weight is 320 g/mol. The van der Waals surface area contributed by atoms with Crippen LogP contribution in [0.5, 0.6) is 0 Å². The zero-order valence-corrected chi connectivity index (χ0v) is 12.8. The van der Waals surface area contributed by atoms with Gasteiger partial charge in [0.05, 0.1) is 0 Å². The number of amides is 1. The van der Waals surface area contributed by atoms with E-state index < -0.39 is 0 Å². The molecule has 19 heavy (non-hydrogen) atoms. The molecule has 100 valence electrons. The van der Waals surface area contributed by atoms with Crippen LogP contribution in [0.2, 0.25) is 4.82 Å². The van der Waals surface area contributed by atoms with Crippen molar-refractivity contribution in [3.63, 3.8) is 0 Å². The van der Waals surface area contributed by atoms with Gasteiger partial charge in [-0.25, -0.2) is 0 Å². The summed E-state index contributed by atoms with van der Waals surface area (Å²) in [6.07, 6.45) is 7.42. The minimum absolute atomic E-state index is 0.0996. The predicted octanol–water partition coefficient (Wildman–Crippen LogP) is 3.44. The van der Waals surface area contributed by atoms with Gasteiger partial charge in [0.1, 0.15) is 0 Å². The standard InChI is InChI=1S/C16H19NOSe/c18-15-11-14(12-7-3-1-4-8-12)19-16(17-15)13-9-5-2-6-10-13/h2,5-6,9-10,12,14H,1,3-4,7-8,11H2/t14-/m1/s1. The number of rotatable bonds is 2. The van der Waals surface area contributed by atoms with Gasteiger partial charge in [-0.05, 0) is 0 Å². The summed E-state index contributed by atoms with van der Waals surface area (Å²) in [7, 11) is 0. The molecule has 1 aromatic rings. The summed E-state index contributed by atoms with van der Waals surface area (Å²) in [5, 5.41) is 0. The van der Waals surface area contributed by atoms with Crippen LogP contribution in [-0.4, -0.2) is 25.5 Å². The molecular weight excluding hydrogens is 301 g/mol. The summed E-state index contributed by atoms with van der Waals surface area (Å²) >= 11 is 0.358. The monoisotopic (exact) mass is 321 g/mol. The Morgan fingerprint density at radius 1 is 1.05 bits per heavy atom. The number of carbonyl (C=O) groups excluding carboxylic acids is 1. The third kappa shape index (κ3) is 3.16. The molecule has 0 radical (unpaired) electrons. The quantitative estimate of drug-likeness (QED) is 0.768. The second-order valence-electron chi connectivity index (χ2n) is 5.44. The number of carbonyl (C=O) groups is 1. The van der Waals surface area contributed by atoms with Gasteiger partial charge >= 0.3 is 120 Å². The van der Waals surface area contributed by atoms with Gasteiger partial charge in [-0.15, -0.1) is 0 Å². The topological polar surface area (TPSA) is 29.4 Å². The number of hydrogen-bond acceptors (Lipinski definition) is 1. The molecule has 2 aliphatic rings. The van der Waals surface area contributed by atoms with Crippen molar-refractivity contribution in [3.05, 3.63) is 35.9 Å². The van der Waals surface area contributed by atoms with E-state index in [1.54, 1.807) is 0 Å². The fourth-order valence-corrected chi connectivity index (χ4v) is 5.97. The van der Waals surface area contributed by atoms with Gasteiger partial charge in [-0.3, -0.25) is 0 Å². The molecule has 3 rings (SSSR count). The van der Waals surface area contributed by atoms with Gasteiger partial charge in [0, 0.05) is 0 Å². The first-order valence-electron chi connectivity index (χ1n) is 7.16. The zero-order valence-electron chi connectivity index (χ0n) is 11.0. The first-order valence-corrected chi connectivity index (χ1v) is 9.01. The molecule has 3 heteroatoms. The van der Waals surface area contributed by atoms with Crippen LogP contribution in [0.4, 0.5) is 0 Å². The van der Waals surface area contributed by atoms with Crippen LogP contribution in [0.3, 0.4) is 0 Å². The third-order valence-electron chi connectivity index (χ3n) is 4.06. The molecule has 1 fully saturated rings. The van der Waals surface area contributed by atoms with Crippen LogP contribution in [0.25, 0.3) is 0 Å². The van der Waals surface area contributed by atoms with Crippen molar-refractivity contribution in [3.8, 4) is 0 Å². The molecule has 1 saturated carbocycles. The van der Waals surface area contributed by atoms with Crippen molar-refractivity contribution in [2.24, 2.45) is 10.9 Å². The van der Waals surface area contributed by atoms with E-state index in [1.165, 1.54) is 32.1 Å². The molecule has 2 nitrogen and oxygen atoms in total. The maximum absolute atomic E-state index is 11.9. The summed E-state index contributed by atoms with van der Waals surface area (Å²) in [5.41, 5.74) is 1.15. The van der Waals surface area contributed by atoms with E-state index in [9.17, 15) is 4.79 Å². The minimum atomic E-state index is 0.0996. The van der Waals surface area contributed by atoms with Gasteiger partial charge in [-0.1, -0.05) is 0 Å².